The third-order valence-corrected chi connectivity index (χ3v) is 4.08. The maximum Gasteiger partial charge on any atom is 0.132 e. The fourth-order valence-electron chi connectivity index (χ4n) is 2.35. The van der Waals surface area contributed by atoms with E-state index in [2.05, 4.69) is 5.92 Å². The number of rotatable bonds is 3. The van der Waals surface area contributed by atoms with Crippen LogP contribution in [0.3, 0.4) is 0 Å². The fourth-order valence-corrected chi connectivity index (χ4v) is 2.53. The van der Waals surface area contributed by atoms with Crippen LogP contribution in [0.25, 0.3) is 11.3 Å². The van der Waals surface area contributed by atoms with E-state index < -0.39 is 0 Å². The van der Waals surface area contributed by atoms with Crippen LogP contribution in [0.1, 0.15) is 30.1 Å². The molecule has 4 heteroatoms. The molecule has 0 unspecified atom stereocenters. The molecule has 0 bridgehead atoms. The molecule has 1 aliphatic rings. The number of anilines is 1. The van der Waals surface area contributed by atoms with E-state index in [1.54, 1.807) is 0 Å². The van der Waals surface area contributed by atoms with Crippen LogP contribution in [0.15, 0.2) is 18.2 Å². The van der Waals surface area contributed by atoms with Gasteiger partial charge in [-0.2, -0.15) is 0 Å². The number of nitrogens with two attached hydrogens (primary N) is 1. The van der Waals surface area contributed by atoms with Crippen LogP contribution in [0.4, 0.5) is 5.82 Å². The third-order valence-electron chi connectivity index (χ3n) is 3.67. The molecular weight excluding hydrogens is 270 g/mol. The maximum absolute atomic E-state index is 6.24. The highest BCUT2D eigenvalue weighted by atomic mass is 35.5. The van der Waals surface area contributed by atoms with Gasteiger partial charge in [0.1, 0.15) is 17.3 Å². The third kappa shape index (κ3) is 2.17. The van der Waals surface area contributed by atoms with Gasteiger partial charge in [0.25, 0.3) is 0 Å². The smallest absolute Gasteiger partial charge is 0.132 e. The Balaban J connectivity index is 2.11. The van der Waals surface area contributed by atoms with E-state index in [9.17, 15) is 0 Å². The number of aryl methyl sites for hydroxylation is 1. The van der Waals surface area contributed by atoms with Gasteiger partial charge in [0, 0.05) is 16.5 Å². The highest BCUT2D eigenvalue weighted by Gasteiger charge is 2.30. The lowest BCUT2D eigenvalue weighted by molar-refractivity contribution is 0.762. The van der Waals surface area contributed by atoms with Crippen molar-refractivity contribution < 1.29 is 0 Å². The second-order valence-corrected chi connectivity index (χ2v) is 5.64. The predicted molar refractivity (Wildman–Crippen MR) is 82.6 cm³/mol. The first kappa shape index (κ1) is 13.1. The summed E-state index contributed by atoms with van der Waals surface area (Å²) in [6.45, 7) is 2.44. The van der Waals surface area contributed by atoms with Crippen molar-refractivity contribution in [2.24, 2.45) is 0 Å². The minimum absolute atomic E-state index is 0.463. The molecule has 3 rings (SSSR count). The number of imidazole rings is 1. The lowest BCUT2D eigenvalue weighted by Crippen LogP contribution is -2.05. The van der Waals surface area contributed by atoms with Gasteiger partial charge in [0.15, 0.2) is 0 Å². The number of hydrogen-bond donors (Lipinski definition) is 1. The quantitative estimate of drug-likeness (QED) is 0.876. The van der Waals surface area contributed by atoms with Crippen LogP contribution in [0.2, 0.25) is 5.02 Å². The van der Waals surface area contributed by atoms with Crippen molar-refractivity contribution in [3.8, 4) is 23.6 Å². The molecule has 102 valence electrons. The molecular formula is C16H16ClN3. The maximum atomic E-state index is 6.24. The molecule has 0 amide bonds. The zero-order valence-electron chi connectivity index (χ0n) is 11.4. The van der Waals surface area contributed by atoms with Crippen molar-refractivity contribution >= 4 is 17.4 Å². The number of aromatic nitrogens is 2. The first-order valence-corrected chi connectivity index (χ1v) is 7.05. The molecule has 1 heterocycles. The molecule has 1 fully saturated rings. The first-order valence-electron chi connectivity index (χ1n) is 6.67. The summed E-state index contributed by atoms with van der Waals surface area (Å²) < 4.78 is 1.95. The first-order chi connectivity index (χ1) is 9.61. The van der Waals surface area contributed by atoms with Crippen LogP contribution in [-0.4, -0.2) is 9.55 Å². The Morgan fingerprint density at radius 1 is 1.50 bits per heavy atom. The van der Waals surface area contributed by atoms with E-state index in [0.717, 1.165) is 40.5 Å². The normalized spacial score (nSPS) is 14.2. The molecule has 1 aliphatic carbocycles. The molecule has 2 N–H and O–H groups in total. The van der Waals surface area contributed by atoms with E-state index in [1.165, 1.54) is 0 Å². The average Bonchev–Trinajstić information content (AvgIpc) is 3.21. The van der Waals surface area contributed by atoms with Gasteiger partial charge in [-0.15, -0.1) is 6.42 Å². The van der Waals surface area contributed by atoms with Gasteiger partial charge in [-0.1, -0.05) is 29.7 Å². The molecule has 0 radical (unpaired) electrons. The number of nitrogens with zero attached hydrogens (tertiary/aromatic N) is 2. The summed E-state index contributed by atoms with van der Waals surface area (Å²) in [6, 6.07) is 5.89. The van der Waals surface area contributed by atoms with Crippen molar-refractivity contribution in [2.75, 3.05) is 5.73 Å². The summed E-state index contributed by atoms with van der Waals surface area (Å²) >= 11 is 6.19. The number of hydrogen-bond acceptors (Lipinski definition) is 2. The van der Waals surface area contributed by atoms with Crippen molar-refractivity contribution in [2.45, 2.75) is 32.2 Å². The van der Waals surface area contributed by atoms with Crippen LogP contribution < -0.4 is 5.73 Å². The van der Waals surface area contributed by atoms with E-state index >= 15 is 0 Å². The summed E-state index contributed by atoms with van der Waals surface area (Å²) in [6.07, 6.45) is 7.76. The summed E-state index contributed by atoms with van der Waals surface area (Å²) in [5.74, 6) is 4.79. The largest absolute Gasteiger partial charge is 0.383 e. The van der Waals surface area contributed by atoms with Gasteiger partial charge in [0.2, 0.25) is 0 Å². The SMILES string of the molecule is C#CCn1c(C2CC2)nc(-c2ccc(C)c(Cl)c2)c1N. The average molecular weight is 286 g/mol. The molecule has 1 aromatic carbocycles. The Labute approximate surface area is 123 Å². The summed E-state index contributed by atoms with van der Waals surface area (Å²) in [5.41, 5.74) is 9.00. The molecule has 0 aliphatic heterocycles. The van der Waals surface area contributed by atoms with Gasteiger partial charge >= 0.3 is 0 Å². The van der Waals surface area contributed by atoms with E-state index in [-0.39, 0.29) is 0 Å². The number of benzene rings is 1. The Morgan fingerprint density at radius 3 is 2.85 bits per heavy atom. The number of terminal acetylenes is 1. The molecule has 0 atom stereocenters. The molecule has 20 heavy (non-hydrogen) atoms. The second-order valence-electron chi connectivity index (χ2n) is 5.23. The minimum atomic E-state index is 0.463. The zero-order chi connectivity index (χ0) is 14.3. The van der Waals surface area contributed by atoms with Gasteiger partial charge in [-0.25, -0.2) is 4.98 Å². The Morgan fingerprint density at radius 2 is 2.25 bits per heavy atom. The summed E-state index contributed by atoms with van der Waals surface area (Å²) in [5, 5.41) is 0.723. The van der Waals surface area contributed by atoms with Crippen LogP contribution in [0.5, 0.6) is 0 Å². The molecule has 3 nitrogen and oxygen atoms in total. The lowest BCUT2D eigenvalue weighted by Gasteiger charge is -2.05. The van der Waals surface area contributed by atoms with Crippen molar-refractivity contribution in [3.05, 3.63) is 34.6 Å². The predicted octanol–water partition coefficient (Wildman–Crippen LogP) is 3.60. The summed E-state index contributed by atoms with van der Waals surface area (Å²) in [4.78, 5) is 4.72. The highest BCUT2D eigenvalue weighted by Crippen LogP contribution is 2.42. The number of nitrogen functional groups attached to an aromatic ring is 1. The van der Waals surface area contributed by atoms with Crippen LogP contribution >= 0.6 is 11.6 Å². The Bertz CT molecular complexity index is 705. The minimum Gasteiger partial charge on any atom is -0.383 e. The standard InChI is InChI=1S/C16H16ClN3/c1-3-8-20-15(18)14(19-16(20)11-6-7-11)12-5-4-10(2)13(17)9-12/h1,4-5,9,11H,6-8,18H2,2H3. The molecule has 0 saturated heterocycles. The van der Waals surface area contributed by atoms with Gasteiger partial charge in [-0.05, 0) is 31.4 Å². The molecule has 1 saturated carbocycles. The van der Waals surface area contributed by atoms with Crippen molar-refractivity contribution in [1.29, 1.82) is 0 Å². The van der Waals surface area contributed by atoms with Crippen molar-refractivity contribution in [3.63, 3.8) is 0 Å². The fraction of sp³-hybridized carbons (Fsp3) is 0.312. The monoisotopic (exact) mass is 285 g/mol. The van der Waals surface area contributed by atoms with Crippen LogP contribution in [0, 0.1) is 19.3 Å². The van der Waals surface area contributed by atoms with Gasteiger partial charge in [-0.3, -0.25) is 0 Å². The molecule has 1 aromatic heterocycles. The Kier molecular flexibility index (Phi) is 3.19. The number of halogens is 1. The van der Waals surface area contributed by atoms with E-state index in [1.807, 2.05) is 29.7 Å². The topological polar surface area (TPSA) is 43.8 Å². The summed E-state index contributed by atoms with van der Waals surface area (Å²) in [7, 11) is 0. The Hall–Kier alpha value is -1.92. The molecule has 2 aromatic rings. The lowest BCUT2D eigenvalue weighted by atomic mass is 10.1. The zero-order valence-corrected chi connectivity index (χ0v) is 12.1. The second kappa shape index (κ2) is 4.88. The van der Waals surface area contributed by atoms with E-state index in [0.29, 0.717) is 18.3 Å². The highest BCUT2D eigenvalue weighted by molar-refractivity contribution is 6.31. The van der Waals surface area contributed by atoms with Gasteiger partial charge in [0.05, 0.1) is 6.54 Å². The van der Waals surface area contributed by atoms with Crippen molar-refractivity contribution in [1.82, 2.24) is 9.55 Å². The van der Waals surface area contributed by atoms with Crippen LogP contribution in [-0.2, 0) is 6.54 Å². The van der Waals surface area contributed by atoms with Gasteiger partial charge < -0.3 is 10.3 Å². The van der Waals surface area contributed by atoms with E-state index in [4.69, 9.17) is 28.7 Å². The molecule has 0 spiro atoms.